The lowest BCUT2D eigenvalue weighted by molar-refractivity contribution is -0.145. The zero-order valence-electron chi connectivity index (χ0n) is 73.3. The predicted octanol–water partition coefficient (Wildman–Crippen LogP) is -12.4. The molecule has 0 saturated carbocycles. The Hall–Kier alpha value is -11.6. The van der Waals surface area contributed by atoms with Crippen molar-refractivity contribution in [1.29, 1.82) is 0 Å². The van der Waals surface area contributed by atoms with E-state index in [1.54, 1.807) is 34.0 Å². The molecule has 1 aliphatic rings. The van der Waals surface area contributed by atoms with Crippen molar-refractivity contribution in [2.24, 2.45) is 40.9 Å². The van der Waals surface area contributed by atoms with Gasteiger partial charge in [-0.1, -0.05) is 61.8 Å². The first-order valence-electron chi connectivity index (χ1n) is 41.2. The predicted molar refractivity (Wildman–Crippen MR) is 447 cm³/mol. The van der Waals surface area contributed by atoms with E-state index < -0.39 is 347 Å². The number of aliphatic hydroxyl groups is 6. The van der Waals surface area contributed by atoms with Gasteiger partial charge in [-0.15, -0.1) is 0 Å². The Labute approximate surface area is 741 Å². The highest BCUT2D eigenvalue weighted by Gasteiger charge is 2.43. The molecule has 1 fully saturated rings. The maximum absolute atomic E-state index is 14.2. The zero-order chi connectivity index (χ0) is 98.0. The molecule has 1 heterocycles. The third-order valence-corrected chi connectivity index (χ3v) is 20.5. The van der Waals surface area contributed by atoms with Crippen molar-refractivity contribution in [3.8, 4) is 0 Å². The molecule has 724 valence electrons. The highest BCUT2D eigenvalue weighted by atomic mass is 32.2. The highest BCUT2D eigenvalue weighted by Crippen LogP contribution is 2.21. The van der Waals surface area contributed by atoms with Crippen LogP contribution in [-0.2, 0) is 105 Å². The third-order valence-electron chi connectivity index (χ3n) is 19.9. The van der Waals surface area contributed by atoms with Gasteiger partial charge in [-0.2, -0.15) is 11.8 Å². The molecule has 51 nitrogen and oxygen atoms in total. The number of hydrogen-bond donors (Lipinski definition) is 28. The van der Waals surface area contributed by atoms with E-state index in [1.807, 2.05) is 5.32 Å². The maximum Gasteiger partial charge on any atom is 0.328 e. The second-order valence-electron chi connectivity index (χ2n) is 31.7. The van der Waals surface area contributed by atoms with E-state index in [4.69, 9.17) is 22.3 Å². The van der Waals surface area contributed by atoms with Crippen LogP contribution in [0.3, 0.4) is 0 Å². The Balaban J connectivity index is 3.31. The number of nitrogens with two attached hydrogens (primary N) is 3. The average molecular weight is 1850 g/mol. The molecule has 1 aliphatic heterocycles. The molecular weight excluding hydrogens is 1720 g/mol. The van der Waals surface area contributed by atoms with Crippen LogP contribution in [0.2, 0.25) is 0 Å². The number of aliphatic hydroxyl groups excluding tert-OH is 6. The number of carbonyl (C=O) groups is 22. The highest BCUT2D eigenvalue weighted by molar-refractivity contribution is 7.98. The monoisotopic (exact) mass is 1850 g/mol. The zero-order valence-corrected chi connectivity index (χ0v) is 74.1. The molecule has 0 aromatic rings. The van der Waals surface area contributed by atoms with Gasteiger partial charge in [0.2, 0.25) is 112 Å². The van der Waals surface area contributed by atoms with Crippen LogP contribution in [0, 0.1) is 23.7 Å². The summed E-state index contributed by atoms with van der Waals surface area (Å²) in [4.78, 5) is 292. The first-order chi connectivity index (χ1) is 59.7. The van der Waals surface area contributed by atoms with Gasteiger partial charge in [-0.3, -0.25) is 101 Å². The lowest BCUT2D eigenvalue weighted by Crippen LogP contribution is -2.62. The number of carbonyl (C=O) groups excluding carboxylic acids is 19. The van der Waals surface area contributed by atoms with Crippen LogP contribution in [0.25, 0.3) is 0 Å². The number of amides is 19. The summed E-state index contributed by atoms with van der Waals surface area (Å²) in [7, 11) is 0. The lowest BCUT2D eigenvalue weighted by atomic mass is 9.97. The third kappa shape index (κ3) is 39.7. The molecule has 1 saturated heterocycles. The quantitative estimate of drug-likeness (QED) is 0.0269. The fourth-order valence-corrected chi connectivity index (χ4v) is 12.8. The molecule has 0 spiro atoms. The Kier molecular flexibility index (Phi) is 51.2. The second kappa shape index (κ2) is 57.3. The number of likely N-dealkylation sites (tertiary alicyclic amines) is 1. The van der Waals surface area contributed by atoms with E-state index in [9.17, 15) is 146 Å². The summed E-state index contributed by atoms with van der Waals surface area (Å²) >= 11 is 1.20. The standard InChI is InChI=1S/C76H128N20O31S/c1-13-35(8)57(93-61(111)39(77)26-54(108)109)73(123)84-41(16-19-50(78)103)62(112)83-43(22-24-128-12)65(115)94-58(37(10)101)74(124)85-42(17-20-51(79)104)63(113)90-48(31-100)75(125)96-23-14-15-49(96)70(120)81-36(9)60(110)87-45(28-97)67(117)86-44(25-32(2)3)66(116)88-46(29-98)68(118)92-56(34(6)7)72(122)89-47(30-99)69(119)91-55(33(4)5)71(121)80-27-52(105)82-40(18-21-53(106)107)64(114)95-59(38(11)102)76(126)127/h32-49,55-59,97-102H,13-31,77H2,1-12H3,(H2,78,103)(H2,79,104)(H,80,121)(H,81,120)(H,82,105)(H,83,112)(H,84,123)(H,85,124)(H,86,117)(H,87,110)(H,88,116)(H,89,122)(H,90,113)(H,91,119)(H,92,118)(H,93,111)(H,94,115)(H,95,114)(H,106,107)(H,108,109)(H,126,127)/t35-,36-,37+,38+,39-,40-,41-,42-,43-,44-,45-,46-,47-,48-,49-,55-,56-,57-,58-,59-/m0/s1. The summed E-state index contributed by atoms with van der Waals surface area (Å²) in [5.74, 6) is -28.0. The first kappa shape index (κ1) is 114. The van der Waals surface area contributed by atoms with Crippen LogP contribution >= 0.6 is 11.8 Å². The van der Waals surface area contributed by atoms with Crippen molar-refractivity contribution in [2.45, 2.75) is 268 Å². The van der Waals surface area contributed by atoms with E-state index in [1.165, 1.54) is 39.5 Å². The molecule has 128 heavy (non-hydrogen) atoms. The van der Waals surface area contributed by atoms with Crippen LogP contribution in [0.5, 0.6) is 0 Å². The van der Waals surface area contributed by atoms with Crippen molar-refractivity contribution in [2.75, 3.05) is 51.5 Å². The van der Waals surface area contributed by atoms with E-state index >= 15 is 0 Å². The molecule has 0 unspecified atom stereocenters. The normalized spacial score (nSPS) is 16.9. The summed E-state index contributed by atoms with van der Waals surface area (Å²) in [6.07, 6.45) is -6.07. The van der Waals surface area contributed by atoms with Crippen LogP contribution in [-0.4, -0.2) is 347 Å². The second-order valence-corrected chi connectivity index (χ2v) is 32.6. The van der Waals surface area contributed by atoms with Crippen molar-refractivity contribution in [3.63, 3.8) is 0 Å². The minimum atomic E-state index is -1.98. The van der Waals surface area contributed by atoms with Gasteiger partial charge in [-0.25, -0.2) is 4.79 Å². The van der Waals surface area contributed by atoms with Gasteiger partial charge in [-0.05, 0) is 101 Å². The molecular formula is C76H128N20O31S. The van der Waals surface area contributed by atoms with Crippen molar-refractivity contribution < 1.29 is 151 Å². The Bertz CT molecular complexity index is 3880. The van der Waals surface area contributed by atoms with E-state index in [-0.39, 0.29) is 44.4 Å². The number of nitrogens with one attached hydrogen (secondary N) is 16. The van der Waals surface area contributed by atoms with Crippen LogP contribution in [0.1, 0.15) is 153 Å². The Morgan fingerprint density at radius 1 is 0.406 bits per heavy atom. The number of rotatable bonds is 60. The number of primary amides is 2. The van der Waals surface area contributed by atoms with Gasteiger partial charge >= 0.3 is 17.9 Å². The summed E-state index contributed by atoms with van der Waals surface area (Å²) in [5, 5.41) is 127. The number of aliphatic carboxylic acids is 3. The number of carboxylic acid groups (broad SMARTS) is 3. The molecule has 0 aromatic carbocycles. The summed E-state index contributed by atoms with van der Waals surface area (Å²) < 4.78 is 0. The summed E-state index contributed by atoms with van der Waals surface area (Å²) in [6, 6.07) is -28.7. The minimum absolute atomic E-state index is 0.0739. The fourth-order valence-electron chi connectivity index (χ4n) is 12.3. The molecule has 0 aliphatic carbocycles. The number of nitrogens with zero attached hydrogens (tertiary/aromatic N) is 1. The number of hydrogen-bond acceptors (Lipinski definition) is 30. The van der Waals surface area contributed by atoms with Crippen molar-refractivity contribution in [3.05, 3.63) is 0 Å². The van der Waals surface area contributed by atoms with Crippen molar-refractivity contribution >= 4 is 142 Å². The maximum atomic E-state index is 14.2. The number of thioether (sulfide) groups is 1. The number of carboxylic acids is 3. The molecule has 0 aromatic heterocycles. The molecule has 1 rings (SSSR count). The smallest absolute Gasteiger partial charge is 0.328 e. The van der Waals surface area contributed by atoms with Crippen LogP contribution < -0.4 is 102 Å². The molecule has 0 bridgehead atoms. The molecule has 31 N–H and O–H groups in total. The van der Waals surface area contributed by atoms with Gasteiger partial charge in [0.05, 0.1) is 57.6 Å². The van der Waals surface area contributed by atoms with Gasteiger partial charge in [0.1, 0.15) is 90.6 Å². The van der Waals surface area contributed by atoms with Crippen LogP contribution in [0.15, 0.2) is 0 Å². The van der Waals surface area contributed by atoms with Gasteiger partial charge in [0, 0.05) is 25.8 Å². The Morgan fingerprint density at radius 2 is 0.773 bits per heavy atom. The summed E-state index contributed by atoms with van der Waals surface area (Å²) in [6.45, 7) is 9.83. The first-order valence-corrected chi connectivity index (χ1v) is 42.6. The van der Waals surface area contributed by atoms with Crippen LogP contribution in [0.4, 0.5) is 0 Å². The lowest BCUT2D eigenvalue weighted by Gasteiger charge is -2.30. The topological polar surface area (TPSA) is 831 Å². The van der Waals surface area contributed by atoms with E-state index in [0.717, 1.165) is 25.7 Å². The molecule has 19 amide bonds. The van der Waals surface area contributed by atoms with Gasteiger partial charge < -0.3 is 153 Å². The van der Waals surface area contributed by atoms with E-state index in [0.29, 0.717) is 0 Å². The Morgan fingerprint density at radius 3 is 1.21 bits per heavy atom. The molecule has 52 heteroatoms. The van der Waals surface area contributed by atoms with Crippen molar-refractivity contribution in [1.82, 2.24) is 90.0 Å². The fraction of sp³-hybridized carbons (Fsp3) is 0.711. The van der Waals surface area contributed by atoms with Gasteiger partial charge in [0.25, 0.3) is 0 Å². The summed E-state index contributed by atoms with van der Waals surface area (Å²) in [5.41, 5.74) is 16.5. The minimum Gasteiger partial charge on any atom is -0.481 e. The largest absolute Gasteiger partial charge is 0.481 e. The average Bonchev–Trinajstić information content (AvgIpc) is 1.65. The SMILES string of the molecule is CC[C@H](C)[C@H](NC(=O)[C@@H](N)CC(=O)O)C(=O)N[C@@H](CCC(N)=O)C(=O)N[C@@H](CCSC)C(=O)N[C@H](C(=O)N[C@@H](CCC(N)=O)C(=O)N[C@@H](CO)C(=O)N1CCC[C@H]1C(=O)N[C@@H](C)C(=O)N[C@@H](CO)C(=O)N[C@@H](CC(C)C)C(=O)N[C@@H](CO)C(=O)N[C@H](C(=O)N[C@@H](CO)C(=O)N[C@H](C(=O)NCC(=O)N[C@@H](CCC(=O)O)C(=O)N[C@H](C(=O)O)[C@@H](C)O)C(C)C)C(C)C)[C@@H](C)O. The molecule has 0 radical (unpaired) electrons. The molecule has 20 atom stereocenters. The van der Waals surface area contributed by atoms with Gasteiger partial charge in [0.15, 0.2) is 6.04 Å². The van der Waals surface area contributed by atoms with E-state index in [2.05, 4.69) is 79.8 Å².